The molecule has 2 aliphatic carbocycles. The third-order valence-corrected chi connectivity index (χ3v) is 9.87. The number of carbonyl (C=O) groups is 1. The second-order valence-electron chi connectivity index (χ2n) is 12.5. The predicted octanol–water partition coefficient (Wildman–Crippen LogP) is 5.69. The average Bonchev–Trinajstić information content (AvgIpc) is 3.42. The second-order valence-corrected chi connectivity index (χ2v) is 12.5. The largest absolute Gasteiger partial charge is 0.505 e. The number of fused-ring (bicyclic) bond motifs is 4. The summed E-state index contributed by atoms with van der Waals surface area (Å²) in [5, 5.41) is 10.7. The van der Waals surface area contributed by atoms with Crippen molar-refractivity contribution < 1.29 is 19.0 Å². The van der Waals surface area contributed by atoms with Crippen LogP contribution in [0.5, 0.6) is 11.5 Å². The maximum absolute atomic E-state index is 14.2. The number of imidazole rings is 1. The molecule has 9 heteroatoms. The number of carbonyl (C=O) groups excluding carboxylic acids is 1. The Labute approximate surface area is 248 Å². The van der Waals surface area contributed by atoms with E-state index >= 15 is 0 Å². The lowest BCUT2D eigenvalue weighted by atomic mass is 10.0. The summed E-state index contributed by atoms with van der Waals surface area (Å²) < 4.78 is 24.4. The molecule has 0 spiro atoms. The first-order valence-electron chi connectivity index (χ1n) is 15.0. The first kappa shape index (κ1) is 26.3. The second kappa shape index (κ2) is 9.57. The molecule has 2 aromatic heterocycles. The number of rotatable bonds is 6. The fourth-order valence-electron chi connectivity index (χ4n) is 7.33. The van der Waals surface area contributed by atoms with Gasteiger partial charge in [-0.3, -0.25) is 4.79 Å². The molecule has 2 saturated carbocycles. The summed E-state index contributed by atoms with van der Waals surface area (Å²) >= 11 is 0. The van der Waals surface area contributed by atoms with Crippen molar-refractivity contribution in [3.8, 4) is 34.1 Å². The SMILES string of the molecule is COc1cc(C(=O)N2CC3CCC2C3N)cc2nc(-c3cc4ccc(-c5ccc(O)c(F)c5)cc4n3CC3CC3)n(C)c12. The molecule has 3 fully saturated rings. The van der Waals surface area contributed by atoms with E-state index in [4.69, 9.17) is 15.5 Å². The molecule has 0 radical (unpaired) electrons. The number of likely N-dealkylation sites (tertiary alicyclic amines) is 1. The molecule has 1 saturated heterocycles. The van der Waals surface area contributed by atoms with E-state index in [1.165, 1.54) is 25.0 Å². The van der Waals surface area contributed by atoms with Gasteiger partial charge in [-0.15, -0.1) is 0 Å². The molecular formula is C34H34FN5O3. The monoisotopic (exact) mass is 579 g/mol. The molecular weight excluding hydrogens is 545 g/mol. The number of nitrogens with two attached hydrogens (primary N) is 1. The maximum Gasteiger partial charge on any atom is 0.254 e. The number of piperidine rings is 1. The van der Waals surface area contributed by atoms with E-state index in [0.29, 0.717) is 40.8 Å². The molecule has 3 unspecified atom stereocenters. The molecule has 5 aromatic rings. The zero-order valence-corrected chi connectivity index (χ0v) is 24.3. The minimum Gasteiger partial charge on any atom is -0.505 e. The highest BCUT2D eigenvalue weighted by Crippen LogP contribution is 2.41. The number of hydrogen-bond donors (Lipinski definition) is 2. The summed E-state index contributed by atoms with van der Waals surface area (Å²) in [5.74, 6) is 1.35. The standard InChI is InChI=1S/C34H34FN5O3/c1-38-32-25(12-23(15-30(32)43-2)34(42)40-17-22-7-9-26(40)31(22)36)37-33(38)28-14-21-6-5-20(19-8-10-29(41)24(35)11-19)13-27(21)39(28)16-18-3-4-18/h5-6,8,10-15,18,22,26,31,41H,3-4,7,9,16-17,36H2,1-2H3. The number of amides is 1. The van der Waals surface area contributed by atoms with E-state index in [1.54, 1.807) is 13.2 Å². The number of aromatic nitrogens is 3. The molecule has 3 N–H and O–H groups in total. The predicted molar refractivity (Wildman–Crippen MR) is 164 cm³/mol. The van der Waals surface area contributed by atoms with Crippen LogP contribution in [0.3, 0.4) is 0 Å². The van der Waals surface area contributed by atoms with E-state index in [0.717, 1.165) is 52.9 Å². The van der Waals surface area contributed by atoms with Crippen molar-refractivity contribution in [2.45, 2.75) is 44.3 Å². The van der Waals surface area contributed by atoms with Gasteiger partial charge in [-0.25, -0.2) is 9.37 Å². The van der Waals surface area contributed by atoms with Gasteiger partial charge in [-0.2, -0.15) is 0 Å². The topological polar surface area (TPSA) is 98.5 Å². The van der Waals surface area contributed by atoms with Crippen molar-refractivity contribution in [2.24, 2.45) is 24.6 Å². The molecule has 8 rings (SSSR count). The van der Waals surface area contributed by atoms with Gasteiger partial charge >= 0.3 is 0 Å². The van der Waals surface area contributed by atoms with Gasteiger partial charge in [0.1, 0.15) is 11.3 Å². The van der Waals surface area contributed by atoms with Gasteiger partial charge in [0, 0.05) is 48.7 Å². The maximum atomic E-state index is 14.2. The fraction of sp³-hybridized carbons (Fsp3) is 0.353. The van der Waals surface area contributed by atoms with Crippen molar-refractivity contribution in [3.05, 3.63) is 66.0 Å². The van der Waals surface area contributed by atoms with Crippen LogP contribution in [-0.2, 0) is 13.6 Å². The molecule has 3 aromatic carbocycles. The van der Waals surface area contributed by atoms with E-state index < -0.39 is 5.82 Å². The summed E-state index contributed by atoms with van der Waals surface area (Å²) in [6, 6.07) is 16.6. The lowest BCUT2D eigenvalue weighted by molar-refractivity contribution is 0.0700. The van der Waals surface area contributed by atoms with Crippen LogP contribution in [0, 0.1) is 17.7 Å². The lowest BCUT2D eigenvalue weighted by Gasteiger charge is -2.27. The van der Waals surface area contributed by atoms with Crippen molar-refractivity contribution in [1.29, 1.82) is 0 Å². The van der Waals surface area contributed by atoms with E-state index in [1.807, 2.05) is 34.7 Å². The highest BCUT2D eigenvalue weighted by molar-refractivity contribution is 6.00. The Morgan fingerprint density at radius 1 is 1.07 bits per heavy atom. The quantitative estimate of drug-likeness (QED) is 0.270. The number of aromatic hydroxyl groups is 1. The summed E-state index contributed by atoms with van der Waals surface area (Å²) in [6.45, 7) is 1.56. The minimum absolute atomic E-state index is 0.0175. The summed E-state index contributed by atoms with van der Waals surface area (Å²) in [7, 11) is 3.61. The highest BCUT2D eigenvalue weighted by Gasteiger charge is 2.47. The van der Waals surface area contributed by atoms with Gasteiger partial charge in [-0.1, -0.05) is 18.2 Å². The van der Waals surface area contributed by atoms with Crippen molar-refractivity contribution in [1.82, 2.24) is 19.0 Å². The van der Waals surface area contributed by atoms with Gasteiger partial charge in [0.25, 0.3) is 5.91 Å². The van der Waals surface area contributed by atoms with Crippen molar-refractivity contribution in [2.75, 3.05) is 13.7 Å². The Bertz CT molecular complexity index is 1940. The molecule has 3 heterocycles. The molecule has 2 bridgehead atoms. The zero-order valence-electron chi connectivity index (χ0n) is 24.3. The van der Waals surface area contributed by atoms with E-state index in [-0.39, 0.29) is 23.7 Å². The van der Waals surface area contributed by atoms with Crippen LogP contribution in [-0.4, -0.2) is 55.8 Å². The molecule has 8 nitrogen and oxygen atoms in total. The molecule has 43 heavy (non-hydrogen) atoms. The summed E-state index contributed by atoms with van der Waals surface area (Å²) in [5.41, 5.74) is 12.1. The molecule has 3 atom stereocenters. The van der Waals surface area contributed by atoms with Gasteiger partial charge in [-0.05, 0) is 85.0 Å². The first-order valence-corrected chi connectivity index (χ1v) is 15.0. The van der Waals surface area contributed by atoms with Crippen LogP contribution in [0.1, 0.15) is 36.0 Å². The van der Waals surface area contributed by atoms with Crippen LogP contribution in [0.2, 0.25) is 0 Å². The Balaban J connectivity index is 1.24. The van der Waals surface area contributed by atoms with Crippen molar-refractivity contribution in [3.63, 3.8) is 0 Å². The van der Waals surface area contributed by atoms with Crippen molar-refractivity contribution >= 4 is 27.8 Å². The Kier molecular flexibility index (Phi) is 5.85. The lowest BCUT2D eigenvalue weighted by Crippen LogP contribution is -2.41. The van der Waals surface area contributed by atoms with Gasteiger partial charge in [0.15, 0.2) is 17.4 Å². The number of ether oxygens (including phenoxy) is 1. The number of aryl methyl sites for hydroxylation is 1. The third kappa shape index (κ3) is 4.12. The Morgan fingerprint density at radius 2 is 1.86 bits per heavy atom. The van der Waals surface area contributed by atoms with Crippen LogP contribution in [0.25, 0.3) is 44.6 Å². The Hall–Kier alpha value is -4.37. The number of halogens is 1. The number of phenolic OH excluding ortho intramolecular Hbond substituents is 1. The highest BCUT2D eigenvalue weighted by atomic mass is 19.1. The summed E-state index contributed by atoms with van der Waals surface area (Å²) in [4.78, 5) is 20.7. The molecule has 1 amide bonds. The van der Waals surface area contributed by atoms with E-state index in [9.17, 15) is 14.3 Å². The Morgan fingerprint density at radius 3 is 2.56 bits per heavy atom. The molecule has 1 aliphatic heterocycles. The molecule has 3 aliphatic rings. The third-order valence-electron chi connectivity index (χ3n) is 9.87. The number of hydrogen-bond acceptors (Lipinski definition) is 5. The van der Waals surface area contributed by atoms with Crippen LogP contribution in [0.15, 0.2) is 54.6 Å². The average molecular weight is 580 g/mol. The minimum atomic E-state index is -0.641. The number of nitrogens with zero attached hydrogens (tertiary/aromatic N) is 4. The zero-order chi connectivity index (χ0) is 29.6. The van der Waals surface area contributed by atoms with Gasteiger partial charge < -0.3 is 29.6 Å². The number of phenols is 1. The van der Waals surface area contributed by atoms with E-state index in [2.05, 4.69) is 22.8 Å². The first-order chi connectivity index (χ1) is 20.8. The number of methoxy groups -OCH3 is 1. The number of benzene rings is 3. The normalized spacial score (nSPS) is 21.4. The van der Waals surface area contributed by atoms with Crippen LogP contribution >= 0.6 is 0 Å². The fourth-order valence-corrected chi connectivity index (χ4v) is 7.33. The van der Waals surface area contributed by atoms with Crippen LogP contribution in [0.4, 0.5) is 4.39 Å². The van der Waals surface area contributed by atoms with Crippen LogP contribution < -0.4 is 10.5 Å². The van der Waals surface area contributed by atoms with Gasteiger partial charge in [0.05, 0.1) is 18.3 Å². The van der Waals surface area contributed by atoms with Gasteiger partial charge in [0.2, 0.25) is 0 Å². The molecule has 220 valence electrons. The smallest absolute Gasteiger partial charge is 0.254 e. The summed E-state index contributed by atoms with van der Waals surface area (Å²) in [6.07, 6.45) is 4.42.